The first-order valence-corrected chi connectivity index (χ1v) is 6.15. The number of nitrogens with one attached hydrogen (secondary N) is 1. The Bertz CT molecular complexity index is 629. The molecule has 1 atom stereocenters. The first kappa shape index (κ1) is 13.4. The van der Waals surface area contributed by atoms with Crippen molar-refractivity contribution in [3.8, 4) is 0 Å². The van der Waals surface area contributed by atoms with Crippen LogP contribution in [0.15, 0.2) is 33.5 Å². The van der Waals surface area contributed by atoms with Gasteiger partial charge in [0.25, 0.3) is 0 Å². The van der Waals surface area contributed by atoms with E-state index in [4.69, 9.17) is 4.42 Å². The van der Waals surface area contributed by atoms with E-state index in [0.29, 0.717) is 17.5 Å². The second-order valence-electron chi connectivity index (χ2n) is 4.29. The van der Waals surface area contributed by atoms with Crippen LogP contribution in [-0.4, -0.2) is 28.2 Å². The molecule has 102 valence electrons. The molecule has 0 spiro atoms. The summed E-state index contributed by atoms with van der Waals surface area (Å²) in [5.74, 6) is -0.895. The number of aliphatic hydroxyl groups is 1. The second-order valence-corrected chi connectivity index (χ2v) is 4.29. The number of hydrogen-bond donors (Lipinski definition) is 2. The molecule has 0 aliphatic carbocycles. The number of carbonyl (C=O) groups is 1. The van der Waals surface area contributed by atoms with Crippen LogP contribution in [0.2, 0.25) is 0 Å². The molecule has 1 amide bonds. The SMILES string of the molecule is CCC(O)CNC(=O)Cn1c(=O)oc2ccccc21. The molecular weight excluding hydrogens is 248 g/mol. The van der Waals surface area contributed by atoms with Gasteiger partial charge in [-0.05, 0) is 18.6 Å². The lowest BCUT2D eigenvalue weighted by Crippen LogP contribution is -2.35. The summed E-state index contributed by atoms with van der Waals surface area (Å²) < 4.78 is 6.29. The quantitative estimate of drug-likeness (QED) is 0.822. The summed E-state index contributed by atoms with van der Waals surface area (Å²) in [6.07, 6.45) is -0.00345. The number of amides is 1. The Balaban J connectivity index is 2.11. The molecule has 1 heterocycles. The zero-order chi connectivity index (χ0) is 13.8. The van der Waals surface area contributed by atoms with E-state index >= 15 is 0 Å². The number of benzene rings is 1. The Morgan fingerprint density at radius 2 is 2.21 bits per heavy atom. The van der Waals surface area contributed by atoms with E-state index in [-0.39, 0.29) is 19.0 Å². The van der Waals surface area contributed by atoms with E-state index in [1.165, 1.54) is 4.57 Å². The third-order valence-corrected chi connectivity index (χ3v) is 2.88. The summed E-state index contributed by atoms with van der Waals surface area (Å²) in [7, 11) is 0. The van der Waals surface area contributed by atoms with Crippen LogP contribution in [-0.2, 0) is 11.3 Å². The molecule has 1 aromatic carbocycles. The van der Waals surface area contributed by atoms with Gasteiger partial charge in [-0.3, -0.25) is 9.36 Å². The van der Waals surface area contributed by atoms with Crippen molar-refractivity contribution in [3.05, 3.63) is 34.8 Å². The van der Waals surface area contributed by atoms with Crippen LogP contribution in [0.4, 0.5) is 0 Å². The largest absolute Gasteiger partial charge is 0.420 e. The van der Waals surface area contributed by atoms with Crippen LogP contribution in [0.5, 0.6) is 0 Å². The summed E-state index contributed by atoms with van der Waals surface area (Å²) in [6.45, 7) is 1.89. The third-order valence-electron chi connectivity index (χ3n) is 2.88. The average Bonchev–Trinajstić information content (AvgIpc) is 2.72. The first-order valence-electron chi connectivity index (χ1n) is 6.15. The molecule has 0 bridgehead atoms. The van der Waals surface area contributed by atoms with Gasteiger partial charge in [0.1, 0.15) is 6.54 Å². The van der Waals surface area contributed by atoms with Gasteiger partial charge in [-0.15, -0.1) is 0 Å². The van der Waals surface area contributed by atoms with Crippen molar-refractivity contribution in [1.29, 1.82) is 0 Å². The fourth-order valence-corrected chi connectivity index (χ4v) is 1.74. The van der Waals surface area contributed by atoms with Crippen molar-refractivity contribution in [2.75, 3.05) is 6.54 Å². The van der Waals surface area contributed by atoms with Crippen molar-refractivity contribution in [3.63, 3.8) is 0 Å². The molecule has 0 aliphatic rings. The maximum atomic E-state index is 11.7. The molecular formula is C13H16N2O4. The molecule has 2 rings (SSSR count). The van der Waals surface area contributed by atoms with Crippen LogP contribution >= 0.6 is 0 Å². The molecule has 1 unspecified atom stereocenters. The minimum atomic E-state index is -0.568. The first-order chi connectivity index (χ1) is 9.11. The van der Waals surface area contributed by atoms with Gasteiger partial charge < -0.3 is 14.8 Å². The molecule has 6 heteroatoms. The van der Waals surface area contributed by atoms with E-state index in [2.05, 4.69) is 5.32 Å². The number of aromatic nitrogens is 1. The fourth-order valence-electron chi connectivity index (χ4n) is 1.74. The molecule has 0 aliphatic heterocycles. The molecule has 0 saturated heterocycles. The Morgan fingerprint density at radius 1 is 1.47 bits per heavy atom. The maximum absolute atomic E-state index is 11.7. The predicted octanol–water partition coefficient (Wildman–Crippen LogP) is 0.482. The van der Waals surface area contributed by atoms with E-state index in [9.17, 15) is 14.7 Å². The van der Waals surface area contributed by atoms with Crippen molar-refractivity contribution >= 4 is 17.0 Å². The molecule has 19 heavy (non-hydrogen) atoms. The number of carbonyl (C=O) groups excluding carboxylic acids is 1. The summed E-state index contributed by atoms with van der Waals surface area (Å²) in [6, 6.07) is 6.92. The fraction of sp³-hybridized carbons (Fsp3) is 0.385. The van der Waals surface area contributed by atoms with Gasteiger partial charge in [0.2, 0.25) is 5.91 Å². The van der Waals surface area contributed by atoms with Crippen molar-refractivity contribution in [2.45, 2.75) is 26.0 Å². The zero-order valence-electron chi connectivity index (χ0n) is 10.6. The standard InChI is InChI=1S/C13H16N2O4/c1-2-9(16)7-14-12(17)8-15-10-5-3-4-6-11(10)19-13(15)18/h3-6,9,16H,2,7-8H2,1H3,(H,14,17). The molecule has 1 aromatic heterocycles. The minimum absolute atomic E-state index is 0.119. The highest BCUT2D eigenvalue weighted by Gasteiger charge is 2.12. The van der Waals surface area contributed by atoms with Gasteiger partial charge >= 0.3 is 5.76 Å². The zero-order valence-corrected chi connectivity index (χ0v) is 10.6. The van der Waals surface area contributed by atoms with Gasteiger partial charge in [-0.2, -0.15) is 0 Å². The van der Waals surface area contributed by atoms with Crippen molar-refractivity contribution in [2.24, 2.45) is 0 Å². The molecule has 2 aromatic rings. The highest BCUT2D eigenvalue weighted by molar-refractivity contribution is 5.79. The van der Waals surface area contributed by atoms with E-state index < -0.39 is 11.9 Å². The Hall–Kier alpha value is -2.08. The highest BCUT2D eigenvalue weighted by Crippen LogP contribution is 2.11. The van der Waals surface area contributed by atoms with Gasteiger partial charge in [0.15, 0.2) is 5.58 Å². The normalized spacial score (nSPS) is 12.5. The monoisotopic (exact) mass is 264 g/mol. The Labute approximate surface area is 109 Å². The summed E-state index contributed by atoms with van der Waals surface area (Å²) in [4.78, 5) is 23.3. The highest BCUT2D eigenvalue weighted by atomic mass is 16.4. The lowest BCUT2D eigenvalue weighted by atomic mass is 10.3. The Morgan fingerprint density at radius 3 is 2.95 bits per heavy atom. The third kappa shape index (κ3) is 3.03. The average molecular weight is 264 g/mol. The topological polar surface area (TPSA) is 84.5 Å². The van der Waals surface area contributed by atoms with Gasteiger partial charge in [-0.1, -0.05) is 19.1 Å². The molecule has 6 nitrogen and oxygen atoms in total. The number of oxazole rings is 1. The second kappa shape index (κ2) is 5.71. The summed E-state index contributed by atoms with van der Waals surface area (Å²) in [5, 5.41) is 11.9. The number of fused-ring (bicyclic) bond motifs is 1. The van der Waals surface area contributed by atoms with E-state index in [0.717, 1.165) is 0 Å². The van der Waals surface area contributed by atoms with E-state index in [1.807, 2.05) is 6.92 Å². The molecule has 2 N–H and O–H groups in total. The van der Waals surface area contributed by atoms with Gasteiger partial charge in [-0.25, -0.2) is 4.79 Å². The molecule has 0 radical (unpaired) electrons. The molecule has 0 fully saturated rings. The lowest BCUT2D eigenvalue weighted by Gasteiger charge is -2.09. The summed E-state index contributed by atoms with van der Waals surface area (Å²) in [5.41, 5.74) is 1.03. The smallest absolute Gasteiger partial charge is 0.408 e. The van der Waals surface area contributed by atoms with Crippen LogP contribution in [0.25, 0.3) is 11.1 Å². The van der Waals surface area contributed by atoms with Gasteiger partial charge in [0, 0.05) is 6.54 Å². The predicted molar refractivity (Wildman–Crippen MR) is 69.8 cm³/mol. The van der Waals surface area contributed by atoms with Crippen LogP contribution < -0.4 is 11.1 Å². The lowest BCUT2D eigenvalue weighted by molar-refractivity contribution is -0.122. The number of hydrogen-bond acceptors (Lipinski definition) is 4. The van der Waals surface area contributed by atoms with E-state index in [1.54, 1.807) is 24.3 Å². The number of aliphatic hydroxyl groups excluding tert-OH is 1. The number of para-hydroxylation sites is 2. The van der Waals surface area contributed by atoms with Gasteiger partial charge in [0.05, 0.1) is 11.6 Å². The van der Waals surface area contributed by atoms with Crippen LogP contribution in [0.1, 0.15) is 13.3 Å². The summed E-state index contributed by atoms with van der Waals surface area (Å²) >= 11 is 0. The van der Waals surface area contributed by atoms with Crippen LogP contribution in [0, 0.1) is 0 Å². The Kier molecular flexibility index (Phi) is 4.01. The van der Waals surface area contributed by atoms with Crippen molar-refractivity contribution in [1.82, 2.24) is 9.88 Å². The number of nitrogens with zero attached hydrogens (tertiary/aromatic N) is 1. The van der Waals surface area contributed by atoms with Crippen LogP contribution in [0.3, 0.4) is 0 Å². The van der Waals surface area contributed by atoms with Crippen molar-refractivity contribution < 1.29 is 14.3 Å². The maximum Gasteiger partial charge on any atom is 0.420 e. The minimum Gasteiger partial charge on any atom is -0.408 e. The molecule has 0 saturated carbocycles. The number of rotatable bonds is 5.